The van der Waals surface area contributed by atoms with Crippen molar-refractivity contribution >= 4 is 0 Å². The van der Waals surface area contributed by atoms with Gasteiger partial charge in [-0.05, 0) is 18.4 Å². The van der Waals surface area contributed by atoms with Crippen LogP contribution in [-0.4, -0.2) is 20.4 Å². The summed E-state index contributed by atoms with van der Waals surface area (Å²) in [6.45, 7) is 10.2. The van der Waals surface area contributed by atoms with Crippen LogP contribution in [0, 0.1) is 6.92 Å². The molecule has 1 heterocycles. The topological polar surface area (TPSA) is 30.5 Å². The second-order valence-electron chi connectivity index (χ2n) is 5.94. The van der Waals surface area contributed by atoms with Crippen LogP contribution >= 0.6 is 0 Å². The predicted molar refractivity (Wildman–Crippen MR) is 73.1 cm³/mol. The molecule has 0 aliphatic carbocycles. The molecule has 1 aliphatic heterocycles. The third-order valence-electron chi connectivity index (χ3n) is 3.34. The van der Waals surface area contributed by atoms with Gasteiger partial charge in [0, 0.05) is 17.7 Å². The molecule has 1 saturated heterocycles. The van der Waals surface area contributed by atoms with Crippen molar-refractivity contribution in [2.45, 2.75) is 39.2 Å². The van der Waals surface area contributed by atoms with E-state index in [-0.39, 0.29) is 11.5 Å². The quantitative estimate of drug-likeness (QED) is 0.874. The van der Waals surface area contributed by atoms with Gasteiger partial charge in [-0.1, -0.05) is 32.4 Å². The predicted octanol–water partition coefficient (Wildman–Crippen LogP) is 2.92. The lowest BCUT2D eigenvalue weighted by Gasteiger charge is -2.26. The third-order valence-corrected chi connectivity index (χ3v) is 3.34. The first-order valence-corrected chi connectivity index (χ1v) is 6.45. The maximum atomic E-state index is 5.71. The fourth-order valence-electron chi connectivity index (χ4n) is 2.43. The highest BCUT2D eigenvalue weighted by molar-refractivity contribution is 5.49. The molecule has 1 aliphatic rings. The van der Waals surface area contributed by atoms with Crippen molar-refractivity contribution in [3.8, 4) is 5.75 Å². The number of hydrogen-bond acceptors (Lipinski definition) is 3. The fourth-order valence-corrected chi connectivity index (χ4v) is 2.43. The molecule has 0 bridgehead atoms. The molecule has 0 aromatic heterocycles. The molecule has 1 fully saturated rings. The van der Waals surface area contributed by atoms with Crippen LogP contribution in [0.25, 0.3) is 0 Å². The van der Waals surface area contributed by atoms with Crippen molar-refractivity contribution in [3.63, 3.8) is 0 Å². The van der Waals surface area contributed by atoms with Gasteiger partial charge < -0.3 is 9.47 Å². The first-order valence-electron chi connectivity index (χ1n) is 6.45. The molecule has 0 saturated carbocycles. The first kappa shape index (κ1) is 13.4. The summed E-state index contributed by atoms with van der Waals surface area (Å²) < 4.78 is 11.4. The Hall–Kier alpha value is -1.06. The number of ether oxygens (including phenoxy) is 2. The molecule has 2 rings (SSSR count). The summed E-state index contributed by atoms with van der Waals surface area (Å²) >= 11 is 0. The first-order chi connectivity index (χ1) is 8.43. The molecule has 1 atom stereocenters. The number of rotatable bonds is 2. The number of nitrogens with one attached hydrogen (secondary N) is 1. The minimum Gasteiger partial charge on any atom is -0.496 e. The zero-order valence-corrected chi connectivity index (χ0v) is 12.0. The van der Waals surface area contributed by atoms with E-state index in [0.29, 0.717) is 6.73 Å². The van der Waals surface area contributed by atoms with Crippen molar-refractivity contribution in [2.24, 2.45) is 0 Å². The Morgan fingerprint density at radius 1 is 1.33 bits per heavy atom. The Balaban J connectivity index is 2.54. The largest absolute Gasteiger partial charge is 0.496 e. The van der Waals surface area contributed by atoms with E-state index < -0.39 is 0 Å². The SMILES string of the molecule is COc1c(C2CNCO2)cc(C)cc1C(C)(C)C. The molecule has 0 amide bonds. The lowest BCUT2D eigenvalue weighted by atomic mass is 9.83. The molecular formula is C15H23NO2. The van der Waals surface area contributed by atoms with Crippen LogP contribution in [0.2, 0.25) is 0 Å². The van der Waals surface area contributed by atoms with Crippen LogP contribution in [0.4, 0.5) is 0 Å². The van der Waals surface area contributed by atoms with Crippen LogP contribution in [0.3, 0.4) is 0 Å². The molecular weight excluding hydrogens is 226 g/mol. The molecule has 1 aromatic carbocycles. The fraction of sp³-hybridized carbons (Fsp3) is 0.600. The van der Waals surface area contributed by atoms with E-state index in [4.69, 9.17) is 9.47 Å². The van der Waals surface area contributed by atoms with E-state index in [1.165, 1.54) is 11.1 Å². The van der Waals surface area contributed by atoms with E-state index in [2.05, 4.69) is 45.1 Å². The van der Waals surface area contributed by atoms with Crippen LogP contribution < -0.4 is 10.1 Å². The van der Waals surface area contributed by atoms with Crippen LogP contribution in [-0.2, 0) is 10.2 Å². The maximum Gasteiger partial charge on any atom is 0.128 e. The number of aryl methyl sites for hydroxylation is 1. The molecule has 3 nitrogen and oxygen atoms in total. The lowest BCUT2D eigenvalue weighted by Crippen LogP contribution is -2.16. The Morgan fingerprint density at radius 2 is 2.06 bits per heavy atom. The third kappa shape index (κ3) is 2.52. The molecule has 3 heteroatoms. The van der Waals surface area contributed by atoms with Gasteiger partial charge in [-0.2, -0.15) is 0 Å². The summed E-state index contributed by atoms with van der Waals surface area (Å²) in [5, 5.41) is 3.22. The molecule has 0 radical (unpaired) electrons. The van der Waals surface area contributed by atoms with E-state index in [0.717, 1.165) is 17.9 Å². The molecule has 100 valence electrons. The average molecular weight is 249 g/mol. The van der Waals surface area contributed by atoms with E-state index in [9.17, 15) is 0 Å². The van der Waals surface area contributed by atoms with E-state index in [1.807, 2.05) is 0 Å². The zero-order chi connectivity index (χ0) is 13.3. The number of hydrogen-bond donors (Lipinski definition) is 1. The van der Waals surface area contributed by atoms with Crippen molar-refractivity contribution in [3.05, 3.63) is 28.8 Å². The highest BCUT2D eigenvalue weighted by Gasteiger charge is 2.27. The molecule has 1 unspecified atom stereocenters. The second-order valence-corrected chi connectivity index (χ2v) is 5.94. The van der Waals surface area contributed by atoms with Crippen molar-refractivity contribution in [2.75, 3.05) is 20.4 Å². The molecule has 0 spiro atoms. The van der Waals surface area contributed by atoms with Gasteiger partial charge in [0.05, 0.1) is 13.8 Å². The lowest BCUT2D eigenvalue weighted by molar-refractivity contribution is 0.112. The smallest absolute Gasteiger partial charge is 0.128 e. The highest BCUT2D eigenvalue weighted by Crippen LogP contribution is 2.39. The Kier molecular flexibility index (Phi) is 3.64. The molecule has 18 heavy (non-hydrogen) atoms. The Bertz CT molecular complexity index is 429. The summed E-state index contributed by atoms with van der Waals surface area (Å²) in [5.74, 6) is 0.974. The Morgan fingerprint density at radius 3 is 2.56 bits per heavy atom. The van der Waals surface area contributed by atoms with E-state index in [1.54, 1.807) is 7.11 Å². The maximum absolute atomic E-state index is 5.71. The zero-order valence-electron chi connectivity index (χ0n) is 12.0. The summed E-state index contributed by atoms with van der Waals surface area (Å²) in [5.41, 5.74) is 3.73. The van der Waals surface area contributed by atoms with Gasteiger partial charge in [-0.25, -0.2) is 0 Å². The molecule has 1 aromatic rings. The van der Waals surface area contributed by atoms with Gasteiger partial charge in [-0.15, -0.1) is 0 Å². The van der Waals surface area contributed by atoms with Gasteiger partial charge >= 0.3 is 0 Å². The van der Waals surface area contributed by atoms with Gasteiger partial charge in [0.2, 0.25) is 0 Å². The van der Waals surface area contributed by atoms with Gasteiger partial charge in [0.25, 0.3) is 0 Å². The summed E-state index contributed by atoms with van der Waals surface area (Å²) in [6.07, 6.45) is 0.0981. The highest BCUT2D eigenvalue weighted by atomic mass is 16.5. The Labute approximate surface area is 109 Å². The van der Waals surface area contributed by atoms with E-state index >= 15 is 0 Å². The normalized spacial score (nSPS) is 20.2. The van der Waals surface area contributed by atoms with Crippen molar-refractivity contribution in [1.82, 2.24) is 5.32 Å². The van der Waals surface area contributed by atoms with Crippen LogP contribution in [0.1, 0.15) is 43.6 Å². The van der Waals surface area contributed by atoms with Gasteiger partial charge in [-0.3, -0.25) is 5.32 Å². The monoisotopic (exact) mass is 249 g/mol. The minimum absolute atomic E-state index is 0.0676. The summed E-state index contributed by atoms with van der Waals surface area (Å²) in [7, 11) is 1.74. The summed E-state index contributed by atoms with van der Waals surface area (Å²) in [4.78, 5) is 0. The van der Waals surface area contributed by atoms with Crippen LogP contribution in [0.5, 0.6) is 5.75 Å². The molecule has 1 N–H and O–H groups in total. The number of benzene rings is 1. The summed E-state index contributed by atoms with van der Waals surface area (Å²) in [6, 6.07) is 4.39. The van der Waals surface area contributed by atoms with Gasteiger partial charge in [0.15, 0.2) is 0 Å². The van der Waals surface area contributed by atoms with Crippen molar-refractivity contribution < 1.29 is 9.47 Å². The average Bonchev–Trinajstić information content (AvgIpc) is 2.80. The number of methoxy groups -OCH3 is 1. The van der Waals surface area contributed by atoms with Crippen molar-refractivity contribution in [1.29, 1.82) is 0 Å². The van der Waals surface area contributed by atoms with Gasteiger partial charge in [0.1, 0.15) is 11.9 Å². The standard InChI is InChI=1S/C15H23NO2/c1-10-6-11(13-8-16-9-18-13)14(17-5)12(7-10)15(2,3)4/h6-7,13,16H,8-9H2,1-5H3. The second kappa shape index (κ2) is 4.90. The minimum atomic E-state index is 0.0676. The van der Waals surface area contributed by atoms with Crippen LogP contribution in [0.15, 0.2) is 12.1 Å².